The maximum absolute atomic E-state index is 14.0. The Morgan fingerprint density at radius 3 is 2.44 bits per heavy atom. The van der Waals surface area contributed by atoms with E-state index in [4.69, 9.17) is 33.0 Å². The van der Waals surface area contributed by atoms with Gasteiger partial charge in [-0.25, -0.2) is 4.68 Å². The zero-order valence-corrected chi connectivity index (χ0v) is 25.3. The highest BCUT2D eigenvalue weighted by atomic mass is 35.5. The van der Waals surface area contributed by atoms with Gasteiger partial charge in [-0.15, -0.1) is 0 Å². The summed E-state index contributed by atoms with van der Waals surface area (Å²) in [5.41, 5.74) is 4.52. The van der Waals surface area contributed by atoms with Crippen LogP contribution in [0.4, 0.5) is 5.69 Å². The van der Waals surface area contributed by atoms with Gasteiger partial charge < -0.3 is 14.2 Å². The first-order valence-electron chi connectivity index (χ1n) is 13.5. The van der Waals surface area contributed by atoms with Gasteiger partial charge in [-0.1, -0.05) is 61.3 Å². The molecule has 1 amide bonds. The number of halogens is 2. The summed E-state index contributed by atoms with van der Waals surface area (Å²) in [5, 5.41) is 5.65. The number of hydrogen-bond acceptors (Lipinski definition) is 5. The summed E-state index contributed by atoms with van der Waals surface area (Å²) in [6.45, 7) is 5.30. The van der Waals surface area contributed by atoms with Crippen molar-refractivity contribution in [2.24, 2.45) is 0 Å². The standard InChI is InChI=1S/C31H33Cl2N5O3/c1-19(2)29-28-24(34-38(29)25-8-6-7-9-26(25)41-5)17-27(39)37(30(28)20-10-12-21(32)13-11-20)22-16-23(33)31(40)36(18-22)15-14-35(3)4/h6-13,16,18-19,30H,14-15,17H2,1-5H3. The Hall–Kier alpha value is -3.59. The molecule has 0 spiro atoms. The van der Waals surface area contributed by atoms with Crippen molar-refractivity contribution in [3.05, 3.63) is 104 Å². The van der Waals surface area contributed by atoms with Crippen LogP contribution in [0.1, 0.15) is 48.3 Å². The largest absolute Gasteiger partial charge is 0.494 e. The Kier molecular flexibility index (Phi) is 8.27. The number of likely N-dealkylation sites (N-methyl/N-ethyl adjacent to an activating group) is 1. The molecule has 1 aliphatic rings. The lowest BCUT2D eigenvalue weighted by Gasteiger charge is -2.37. The molecule has 0 aliphatic carbocycles. The number of benzene rings is 2. The van der Waals surface area contributed by atoms with Gasteiger partial charge in [0.2, 0.25) is 5.91 Å². The third kappa shape index (κ3) is 5.52. The summed E-state index contributed by atoms with van der Waals surface area (Å²) in [6, 6.07) is 16.3. The normalized spacial score (nSPS) is 15.1. The van der Waals surface area contributed by atoms with Crippen LogP contribution >= 0.6 is 23.2 Å². The average Bonchev–Trinajstić information content (AvgIpc) is 3.32. The molecule has 0 fully saturated rings. The molecule has 214 valence electrons. The van der Waals surface area contributed by atoms with Gasteiger partial charge >= 0.3 is 0 Å². The molecule has 4 aromatic rings. The maximum atomic E-state index is 14.0. The Morgan fingerprint density at radius 1 is 1.07 bits per heavy atom. The first-order valence-corrected chi connectivity index (χ1v) is 14.2. The van der Waals surface area contributed by atoms with Crippen molar-refractivity contribution in [2.75, 3.05) is 32.6 Å². The van der Waals surface area contributed by atoms with Crippen LogP contribution in [0.5, 0.6) is 5.75 Å². The molecular formula is C31H33Cl2N5O3. The third-order valence-corrected chi connectivity index (χ3v) is 7.82. The molecule has 2 aromatic carbocycles. The Bertz CT molecular complexity index is 1640. The van der Waals surface area contributed by atoms with Crippen LogP contribution in [-0.2, 0) is 17.8 Å². The van der Waals surface area contributed by atoms with Crippen LogP contribution in [0.15, 0.2) is 65.6 Å². The van der Waals surface area contributed by atoms with Gasteiger partial charge in [-0.3, -0.25) is 14.5 Å². The summed E-state index contributed by atoms with van der Waals surface area (Å²) in [4.78, 5) is 30.7. The van der Waals surface area contributed by atoms with E-state index in [9.17, 15) is 9.59 Å². The summed E-state index contributed by atoms with van der Waals surface area (Å²) in [7, 11) is 5.51. The van der Waals surface area contributed by atoms with E-state index in [-0.39, 0.29) is 28.8 Å². The molecule has 1 atom stereocenters. The minimum absolute atomic E-state index is 0.0543. The second-order valence-corrected chi connectivity index (χ2v) is 11.6. The van der Waals surface area contributed by atoms with Crippen molar-refractivity contribution in [3.8, 4) is 11.4 Å². The van der Waals surface area contributed by atoms with Gasteiger partial charge in [0.05, 0.1) is 36.6 Å². The first kappa shape index (κ1) is 28.9. The predicted molar refractivity (Wildman–Crippen MR) is 163 cm³/mol. The molecule has 1 aliphatic heterocycles. The fourth-order valence-corrected chi connectivity index (χ4v) is 5.75. The number of nitrogens with zero attached hydrogens (tertiary/aromatic N) is 5. The molecule has 0 bridgehead atoms. The number of carbonyl (C=O) groups excluding carboxylic acids is 1. The SMILES string of the molecule is COc1ccccc1-n1nc2c(c1C(C)C)C(c1ccc(Cl)cc1)N(c1cc(Cl)c(=O)n(CCN(C)C)c1)C(=O)C2. The second-order valence-electron chi connectivity index (χ2n) is 10.7. The van der Waals surface area contributed by atoms with Crippen LogP contribution in [0.25, 0.3) is 5.69 Å². The lowest BCUT2D eigenvalue weighted by molar-refractivity contribution is -0.118. The monoisotopic (exact) mass is 593 g/mol. The number of anilines is 1. The van der Waals surface area contributed by atoms with Gasteiger partial charge in [0, 0.05) is 29.9 Å². The molecule has 5 rings (SSSR count). The Labute approximate surface area is 249 Å². The van der Waals surface area contributed by atoms with E-state index in [1.165, 1.54) is 0 Å². The van der Waals surface area contributed by atoms with E-state index < -0.39 is 6.04 Å². The van der Waals surface area contributed by atoms with Crippen molar-refractivity contribution >= 4 is 34.8 Å². The predicted octanol–water partition coefficient (Wildman–Crippen LogP) is 5.71. The number of amides is 1. The highest BCUT2D eigenvalue weighted by Gasteiger charge is 2.41. The highest BCUT2D eigenvalue weighted by molar-refractivity contribution is 6.31. The van der Waals surface area contributed by atoms with Crippen molar-refractivity contribution in [2.45, 2.75) is 38.8 Å². The topological polar surface area (TPSA) is 72.6 Å². The molecule has 0 saturated heterocycles. The molecule has 8 nitrogen and oxygen atoms in total. The summed E-state index contributed by atoms with van der Waals surface area (Å²) in [6.07, 6.45) is 1.82. The number of rotatable bonds is 8. The van der Waals surface area contributed by atoms with E-state index in [1.54, 1.807) is 28.8 Å². The number of methoxy groups -OCH3 is 1. The van der Waals surface area contributed by atoms with E-state index in [0.717, 1.165) is 22.5 Å². The minimum Gasteiger partial charge on any atom is -0.494 e. The number of ether oxygens (including phenoxy) is 1. The quantitative estimate of drug-likeness (QED) is 0.261. The number of aromatic nitrogens is 3. The van der Waals surface area contributed by atoms with Gasteiger partial charge in [-0.2, -0.15) is 5.10 Å². The number of fused-ring (bicyclic) bond motifs is 1. The van der Waals surface area contributed by atoms with Gasteiger partial charge in [0.15, 0.2) is 0 Å². The van der Waals surface area contributed by atoms with E-state index in [2.05, 4.69) is 13.8 Å². The van der Waals surface area contributed by atoms with Crippen molar-refractivity contribution in [1.29, 1.82) is 0 Å². The van der Waals surface area contributed by atoms with Gasteiger partial charge in [0.1, 0.15) is 16.5 Å². The Morgan fingerprint density at radius 2 is 1.78 bits per heavy atom. The molecular weight excluding hydrogens is 561 g/mol. The minimum atomic E-state index is -0.528. The van der Waals surface area contributed by atoms with Crippen LogP contribution in [0.2, 0.25) is 10.0 Å². The summed E-state index contributed by atoms with van der Waals surface area (Å²) < 4.78 is 9.15. The second kappa shape index (κ2) is 11.7. The molecule has 0 saturated carbocycles. The van der Waals surface area contributed by atoms with Gasteiger partial charge in [-0.05, 0) is 55.9 Å². The molecule has 10 heteroatoms. The highest BCUT2D eigenvalue weighted by Crippen LogP contribution is 2.44. The number of pyridine rings is 1. The summed E-state index contributed by atoms with van der Waals surface area (Å²) in [5.74, 6) is 0.588. The van der Waals surface area contributed by atoms with E-state index in [1.807, 2.05) is 72.2 Å². The molecule has 41 heavy (non-hydrogen) atoms. The van der Waals surface area contributed by atoms with Crippen molar-refractivity contribution < 1.29 is 9.53 Å². The maximum Gasteiger partial charge on any atom is 0.269 e. The smallest absolute Gasteiger partial charge is 0.269 e. The zero-order valence-electron chi connectivity index (χ0n) is 23.8. The lowest BCUT2D eigenvalue weighted by Crippen LogP contribution is -2.42. The number of para-hydroxylation sites is 2. The van der Waals surface area contributed by atoms with Crippen molar-refractivity contribution in [3.63, 3.8) is 0 Å². The fourth-order valence-electron chi connectivity index (χ4n) is 5.41. The first-order chi connectivity index (χ1) is 19.6. The zero-order chi connectivity index (χ0) is 29.4. The average molecular weight is 595 g/mol. The number of carbonyl (C=O) groups is 1. The number of hydrogen-bond donors (Lipinski definition) is 0. The summed E-state index contributed by atoms with van der Waals surface area (Å²) >= 11 is 12.8. The van der Waals surface area contributed by atoms with Crippen LogP contribution < -0.4 is 15.2 Å². The molecule has 3 heterocycles. The van der Waals surface area contributed by atoms with Crippen LogP contribution in [0, 0.1) is 0 Å². The van der Waals surface area contributed by atoms with Crippen LogP contribution in [-0.4, -0.2) is 52.9 Å². The molecule has 2 aromatic heterocycles. The fraction of sp³-hybridized carbons (Fsp3) is 0.323. The molecule has 0 radical (unpaired) electrons. The van der Waals surface area contributed by atoms with Crippen LogP contribution in [0.3, 0.4) is 0 Å². The van der Waals surface area contributed by atoms with E-state index in [0.29, 0.717) is 35.2 Å². The van der Waals surface area contributed by atoms with Gasteiger partial charge in [0.25, 0.3) is 5.56 Å². The molecule has 1 unspecified atom stereocenters. The third-order valence-electron chi connectivity index (χ3n) is 7.29. The van der Waals surface area contributed by atoms with E-state index >= 15 is 0 Å². The molecule has 0 N–H and O–H groups in total. The lowest BCUT2D eigenvalue weighted by atomic mass is 9.87. The van der Waals surface area contributed by atoms with Crippen molar-refractivity contribution in [1.82, 2.24) is 19.2 Å². The Balaban J connectivity index is 1.77.